The van der Waals surface area contributed by atoms with Crippen LogP contribution in [0.2, 0.25) is 0 Å². The fourth-order valence-electron chi connectivity index (χ4n) is 4.49. The Hall–Kier alpha value is -2.10. The molecule has 160 valence electrons. The quantitative estimate of drug-likeness (QED) is 0.672. The Morgan fingerprint density at radius 2 is 1.53 bits per heavy atom. The highest BCUT2D eigenvalue weighted by Gasteiger charge is 2.24. The second-order valence-corrected chi connectivity index (χ2v) is 9.71. The maximum absolute atomic E-state index is 5.11. The summed E-state index contributed by atoms with van der Waals surface area (Å²) in [6.45, 7) is 14.3. The molecular formula is C21H30N8S. The number of hydrogen-bond acceptors (Lipinski definition) is 8. The first kappa shape index (κ1) is 19.8. The number of nitrogens with zero attached hydrogens (tertiary/aromatic N) is 7. The molecule has 0 bridgehead atoms. The largest absolute Gasteiger partial charge is 0.353 e. The van der Waals surface area contributed by atoms with Gasteiger partial charge in [0, 0.05) is 31.1 Å². The molecule has 0 atom stereocenters. The molecule has 0 radical (unpaired) electrons. The third-order valence-corrected chi connectivity index (χ3v) is 7.40. The van der Waals surface area contributed by atoms with Gasteiger partial charge in [0.05, 0.1) is 18.5 Å². The first-order valence-electron chi connectivity index (χ1n) is 10.9. The fraction of sp³-hybridized carbons (Fsp3) is 0.619. The van der Waals surface area contributed by atoms with Gasteiger partial charge in [-0.2, -0.15) is 5.10 Å². The zero-order chi connectivity index (χ0) is 20.7. The summed E-state index contributed by atoms with van der Waals surface area (Å²) in [7, 11) is 0. The SMILES string of the molecule is Cc1nc(CN2CCN(c3nc(CN4CCCC4)nc4sc(C)c(C)c34)CC2)n[nH]1. The van der Waals surface area contributed by atoms with Gasteiger partial charge in [-0.3, -0.25) is 14.9 Å². The number of anilines is 1. The number of likely N-dealkylation sites (tertiary alicyclic amines) is 1. The highest BCUT2D eigenvalue weighted by Crippen LogP contribution is 2.35. The molecule has 0 aliphatic carbocycles. The molecule has 2 aliphatic heterocycles. The van der Waals surface area contributed by atoms with Crippen molar-refractivity contribution in [1.29, 1.82) is 0 Å². The summed E-state index contributed by atoms with van der Waals surface area (Å²) >= 11 is 1.81. The molecule has 3 aromatic rings. The summed E-state index contributed by atoms with van der Waals surface area (Å²) in [6, 6.07) is 0. The zero-order valence-electron chi connectivity index (χ0n) is 18.1. The Kier molecular flexibility index (Phi) is 5.43. The Morgan fingerprint density at radius 3 is 2.23 bits per heavy atom. The number of hydrogen-bond donors (Lipinski definition) is 1. The molecule has 2 saturated heterocycles. The van der Waals surface area contributed by atoms with Crippen LogP contribution < -0.4 is 4.90 Å². The van der Waals surface area contributed by atoms with Crippen molar-refractivity contribution in [3.8, 4) is 0 Å². The van der Waals surface area contributed by atoms with E-state index in [1.165, 1.54) is 41.8 Å². The lowest BCUT2D eigenvalue weighted by atomic mass is 10.2. The summed E-state index contributed by atoms with van der Waals surface area (Å²) in [6.07, 6.45) is 2.58. The second kappa shape index (κ2) is 8.20. The average Bonchev–Trinajstić information content (AvgIpc) is 3.45. The van der Waals surface area contributed by atoms with E-state index in [9.17, 15) is 0 Å². The van der Waals surface area contributed by atoms with E-state index >= 15 is 0 Å². The second-order valence-electron chi connectivity index (χ2n) is 8.51. The van der Waals surface area contributed by atoms with E-state index in [4.69, 9.17) is 9.97 Å². The van der Waals surface area contributed by atoms with Gasteiger partial charge < -0.3 is 4.90 Å². The lowest BCUT2D eigenvalue weighted by molar-refractivity contribution is 0.244. The van der Waals surface area contributed by atoms with Crippen LogP contribution >= 0.6 is 11.3 Å². The van der Waals surface area contributed by atoms with Gasteiger partial charge >= 0.3 is 0 Å². The molecule has 0 amide bonds. The fourth-order valence-corrected chi connectivity index (χ4v) is 5.53. The molecule has 0 saturated carbocycles. The summed E-state index contributed by atoms with van der Waals surface area (Å²) in [5.74, 6) is 3.85. The van der Waals surface area contributed by atoms with Crippen LogP contribution in [-0.4, -0.2) is 74.2 Å². The van der Waals surface area contributed by atoms with Crippen LogP contribution in [-0.2, 0) is 13.1 Å². The summed E-state index contributed by atoms with van der Waals surface area (Å²) in [5.41, 5.74) is 1.33. The van der Waals surface area contributed by atoms with E-state index in [1.54, 1.807) is 11.3 Å². The first-order chi connectivity index (χ1) is 14.6. The van der Waals surface area contributed by atoms with Crippen molar-refractivity contribution >= 4 is 27.4 Å². The van der Waals surface area contributed by atoms with Crippen molar-refractivity contribution in [2.24, 2.45) is 0 Å². The van der Waals surface area contributed by atoms with Crippen molar-refractivity contribution in [3.05, 3.63) is 27.9 Å². The maximum atomic E-state index is 5.11. The van der Waals surface area contributed by atoms with E-state index in [0.29, 0.717) is 0 Å². The monoisotopic (exact) mass is 426 g/mol. The Bertz CT molecular complexity index is 1030. The molecule has 8 nitrogen and oxygen atoms in total. The predicted molar refractivity (Wildman–Crippen MR) is 120 cm³/mol. The molecule has 0 aromatic carbocycles. The minimum atomic E-state index is 0.800. The van der Waals surface area contributed by atoms with Crippen LogP contribution in [0.25, 0.3) is 10.2 Å². The lowest BCUT2D eigenvalue weighted by Crippen LogP contribution is -2.46. The number of H-pyrrole nitrogens is 1. The van der Waals surface area contributed by atoms with E-state index in [1.807, 2.05) is 6.92 Å². The molecule has 5 rings (SSSR count). The first-order valence-corrected chi connectivity index (χ1v) is 11.7. The molecule has 2 fully saturated rings. The van der Waals surface area contributed by atoms with Gasteiger partial charge in [0.25, 0.3) is 0 Å². The average molecular weight is 427 g/mol. The van der Waals surface area contributed by atoms with Crippen LogP contribution in [0.5, 0.6) is 0 Å². The highest BCUT2D eigenvalue weighted by molar-refractivity contribution is 7.18. The normalized spacial score (nSPS) is 18.7. The van der Waals surface area contributed by atoms with Crippen LogP contribution in [0.15, 0.2) is 0 Å². The third-order valence-electron chi connectivity index (χ3n) is 6.30. The van der Waals surface area contributed by atoms with Crippen LogP contribution in [0.4, 0.5) is 5.82 Å². The minimum Gasteiger partial charge on any atom is -0.353 e. The molecule has 3 aromatic heterocycles. The van der Waals surface area contributed by atoms with E-state index in [0.717, 1.165) is 67.4 Å². The van der Waals surface area contributed by atoms with Gasteiger partial charge in [-0.1, -0.05) is 0 Å². The number of fused-ring (bicyclic) bond motifs is 1. The number of nitrogens with one attached hydrogen (secondary N) is 1. The maximum Gasteiger partial charge on any atom is 0.164 e. The predicted octanol–water partition coefficient (Wildman–Crippen LogP) is 2.65. The number of piperazine rings is 1. The van der Waals surface area contributed by atoms with Gasteiger partial charge in [0.2, 0.25) is 0 Å². The summed E-state index contributed by atoms with van der Waals surface area (Å²) in [5, 5.41) is 8.48. The topological polar surface area (TPSA) is 77.1 Å². The molecule has 1 N–H and O–H groups in total. The zero-order valence-corrected chi connectivity index (χ0v) is 18.9. The van der Waals surface area contributed by atoms with E-state index < -0.39 is 0 Å². The van der Waals surface area contributed by atoms with Gasteiger partial charge in [0.1, 0.15) is 22.3 Å². The van der Waals surface area contributed by atoms with Gasteiger partial charge in [-0.05, 0) is 52.3 Å². The van der Waals surface area contributed by atoms with E-state index in [2.05, 4.69) is 43.7 Å². The van der Waals surface area contributed by atoms with Crippen molar-refractivity contribution in [1.82, 2.24) is 34.9 Å². The number of aromatic amines is 1. The molecule has 0 spiro atoms. The van der Waals surface area contributed by atoms with E-state index in [-0.39, 0.29) is 0 Å². The Labute approximate surface area is 181 Å². The van der Waals surface area contributed by atoms with Crippen LogP contribution in [0.3, 0.4) is 0 Å². The van der Waals surface area contributed by atoms with Crippen molar-refractivity contribution in [2.75, 3.05) is 44.2 Å². The molecule has 9 heteroatoms. The van der Waals surface area contributed by atoms with Crippen LogP contribution in [0, 0.1) is 20.8 Å². The molecule has 5 heterocycles. The molecule has 2 aliphatic rings. The number of aryl methyl sites for hydroxylation is 3. The van der Waals surface area contributed by atoms with Crippen LogP contribution in [0.1, 0.15) is 40.8 Å². The lowest BCUT2D eigenvalue weighted by Gasteiger charge is -2.35. The highest BCUT2D eigenvalue weighted by atomic mass is 32.1. The molecule has 0 unspecified atom stereocenters. The van der Waals surface area contributed by atoms with Crippen molar-refractivity contribution < 1.29 is 0 Å². The molecule has 30 heavy (non-hydrogen) atoms. The number of thiophene rings is 1. The molecular weight excluding hydrogens is 396 g/mol. The van der Waals surface area contributed by atoms with Gasteiger partial charge in [-0.15, -0.1) is 11.3 Å². The Morgan fingerprint density at radius 1 is 0.833 bits per heavy atom. The standard InChI is InChI=1S/C21H30N8S/c1-14-15(2)30-21-19(14)20(23-17(24-21)12-27-6-4-5-7-27)29-10-8-28(9-11-29)13-18-22-16(3)25-26-18/h4-13H2,1-3H3,(H,22,25,26). The Balaban J connectivity index is 1.37. The van der Waals surface area contributed by atoms with Gasteiger partial charge in [0.15, 0.2) is 5.82 Å². The van der Waals surface area contributed by atoms with Crippen molar-refractivity contribution in [2.45, 2.75) is 46.7 Å². The summed E-state index contributed by atoms with van der Waals surface area (Å²) < 4.78 is 0. The summed E-state index contributed by atoms with van der Waals surface area (Å²) in [4.78, 5) is 24.4. The third kappa shape index (κ3) is 3.93. The van der Waals surface area contributed by atoms with Crippen molar-refractivity contribution in [3.63, 3.8) is 0 Å². The minimum absolute atomic E-state index is 0.800. The number of rotatable bonds is 5. The number of aromatic nitrogens is 5. The smallest absolute Gasteiger partial charge is 0.164 e. The van der Waals surface area contributed by atoms with Gasteiger partial charge in [-0.25, -0.2) is 15.0 Å².